The van der Waals surface area contributed by atoms with Gasteiger partial charge in [0, 0.05) is 47.1 Å². The topological polar surface area (TPSA) is 7.12 Å². The monoisotopic (exact) mass is 451 g/mol. The molecule has 1 aromatic heterocycles. The van der Waals surface area contributed by atoms with Crippen molar-refractivity contribution in [1.82, 2.24) is 0 Å². The first-order chi connectivity index (χ1) is 16.1. The molecule has 0 radical (unpaired) electrons. The van der Waals surface area contributed by atoms with Crippen LogP contribution in [-0.4, -0.2) is 7.05 Å². The van der Waals surface area contributed by atoms with Crippen molar-refractivity contribution >= 4 is 40.3 Å². The molecular formula is C30H28ClN2+. The van der Waals surface area contributed by atoms with Crippen LogP contribution in [0, 0.1) is 0 Å². The summed E-state index contributed by atoms with van der Waals surface area (Å²) in [4.78, 5) is 2.23. The quantitative estimate of drug-likeness (QED) is 0.378. The summed E-state index contributed by atoms with van der Waals surface area (Å²) < 4.78 is 2.23. The van der Waals surface area contributed by atoms with Crippen LogP contribution >= 0.6 is 11.6 Å². The second-order valence-corrected chi connectivity index (χ2v) is 9.01. The van der Waals surface area contributed by atoms with Gasteiger partial charge < -0.3 is 4.90 Å². The van der Waals surface area contributed by atoms with E-state index < -0.39 is 0 Å². The van der Waals surface area contributed by atoms with Gasteiger partial charge in [0.2, 0.25) is 11.2 Å². The molecule has 0 saturated heterocycles. The third-order valence-electron chi connectivity index (χ3n) is 6.60. The minimum atomic E-state index is 0.889. The van der Waals surface area contributed by atoms with E-state index in [4.69, 9.17) is 11.6 Å². The summed E-state index contributed by atoms with van der Waals surface area (Å²) in [5, 5.41) is 2.13. The SMILES string of the molecule is CN1/C(=C/C=C2\CCCC(/C=C/c3ccc4ccccc4[n+]3C)=C2Cl)C=Cc2ccccc21. The van der Waals surface area contributed by atoms with E-state index in [9.17, 15) is 0 Å². The molecule has 2 aliphatic rings. The van der Waals surface area contributed by atoms with Crippen LogP contribution in [0.25, 0.3) is 23.1 Å². The van der Waals surface area contributed by atoms with Gasteiger partial charge in [0.25, 0.3) is 0 Å². The lowest BCUT2D eigenvalue weighted by Gasteiger charge is -2.26. The molecule has 0 amide bonds. The number of pyridine rings is 1. The maximum Gasteiger partial charge on any atom is 0.212 e. The lowest BCUT2D eigenvalue weighted by Crippen LogP contribution is -2.32. The predicted octanol–water partition coefficient (Wildman–Crippen LogP) is 7.33. The Morgan fingerprint density at radius 2 is 1.70 bits per heavy atom. The minimum Gasteiger partial charge on any atom is -0.344 e. The van der Waals surface area contributed by atoms with Crippen LogP contribution in [0.2, 0.25) is 0 Å². The Labute approximate surface area is 201 Å². The van der Waals surface area contributed by atoms with Gasteiger partial charge in [0.05, 0.1) is 0 Å². The van der Waals surface area contributed by atoms with Gasteiger partial charge in [0.1, 0.15) is 7.05 Å². The number of halogens is 1. The van der Waals surface area contributed by atoms with Crippen molar-refractivity contribution in [2.45, 2.75) is 19.3 Å². The van der Waals surface area contributed by atoms with E-state index in [0.717, 1.165) is 35.7 Å². The molecule has 1 aliphatic carbocycles. The summed E-state index contributed by atoms with van der Waals surface area (Å²) in [5.41, 5.74) is 8.43. The molecule has 0 spiro atoms. The maximum atomic E-state index is 6.88. The standard InChI is InChI=1S/C30H28ClN2/c1-32-26(18-14-22-8-3-5-12-28(22)32)20-16-24-10-7-11-25(30(24)31)17-21-27-19-15-23-9-4-6-13-29(23)33(27)2/h3-6,8-9,12-21H,7,10-11H2,1-2H3/q+1. The third-order valence-corrected chi connectivity index (χ3v) is 7.09. The highest BCUT2D eigenvalue weighted by molar-refractivity contribution is 6.32. The van der Waals surface area contributed by atoms with E-state index in [1.54, 1.807) is 0 Å². The molecule has 2 heterocycles. The molecule has 0 unspecified atom stereocenters. The van der Waals surface area contributed by atoms with Crippen molar-refractivity contribution in [3.05, 3.63) is 118 Å². The van der Waals surface area contributed by atoms with Crippen LogP contribution in [0.1, 0.15) is 30.5 Å². The van der Waals surface area contributed by atoms with Crippen molar-refractivity contribution in [2.75, 3.05) is 11.9 Å². The maximum absolute atomic E-state index is 6.88. The zero-order valence-electron chi connectivity index (χ0n) is 19.1. The van der Waals surface area contributed by atoms with Gasteiger partial charge in [0.15, 0.2) is 0 Å². The third kappa shape index (κ3) is 4.31. The molecule has 164 valence electrons. The highest BCUT2D eigenvalue weighted by atomic mass is 35.5. The van der Waals surface area contributed by atoms with E-state index in [2.05, 4.69) is 121 Å². The highest BCUT2D eigenvalue weighted by Gasteiger charge is 2.16. The lowest BCUT2D eigenvalue weighted by atomic mass is 9.93. The summed E-state index contributed by atoms with van der Waals surface area (Å²) in [6.07, 6.45) is 16.2. The van der Waals surface area contributed by atoms with Gasteiger partial charge in [-0.25, -0.2) is 0 Å². The molecule has 33 heavy (non-hydrogen) atoms. The molecule has 0 saturated carbocycles. The number of aryl methyl sites for hydroxylation is 1. The summed E-state index contributed by atoms with van der Waals surface area (Å²) in [6.45, 7) is 0. The largest absolute Gasteiger partial charge is 0.344 e. The predicted molar refractivity (Wildman–Crippen MR) is 141 cm³/mol. The molecule has 1 aliphatic heterocycles. The van der Waals surface area contributed by atoms with Crippen LogP contribution in [0.5, 0.6) is 0 Å². The lowest BCUT2D eigenvalue weighted by molar-refractivity contribution is -0.646. The van der Waals surface area contributed by atoms with Crippen LogP contribution in [0.3, 0.4) is 0 Å². The Morgan fingerprint density at radius 1 is 0.879 bits per heavy atom. The average molecular weight is 452 g/mol. The summed E-state index contributed by atoms with van der Waals surface area (Å²) in [6, 6.07) is 21.3. The number of nitrogens with zero attached hydrogens (tertiary/aromatic N) is 2. The van der Waals surface area contributed by atoms with Gasteiger partial charge in [-0.05, 0) is 66.3 Å². The number of rotatable bonds is 3. The minimum absolute atomic E-state index is 0.889. The van der Waals surface area contributed by atoms with Crippen LogP contribution in [0.15, 0.2) is 107 Å². The number of anilines is 1. The Kier molecular flexibility index (Phi) is 6.02. The van der Waals surface area contributed by atoms with E-state index in [-0.39, 0.29) is 0 Å². The summed E-state index contributed by atoms with van der Waals surface area (Å²) in [5.74, 6) is 0. The number of para-hydroxylation sites is 2. The van der Waals surface area contributed by atoms with E-state index >= 15 is 0 Å². The first-order valence-corrected chi connectivity index (χ1v) is 11.9. The number of benzene rings is 2. The van der Waals surface area contributed by atoms with Gasteiger partial charge in [-0.15, -0.1) is 0 Å². The van der Waals surface area contributed by atoms with Crippen LogP contribution in [0.4, 0.5) is 5.69 Å². The second-order valence-electron chi connectivity index (χ2n) is 8.64. The van der Waals surface area contributed by atoms with Gasteiger partial charge in [-0.1, -0.05) is 60.2 Å². The summed E-state index contributed by atoms with van der Waals surface area (Å²) in [7, 11) is 4.23. The fraction of sp³-hybridized carbons (Fsp3) is 0.167. The molecule has 2 nitrogen and oxygen atoms in total. The Morgan fingerprint density at radius 3 is 2.61 bits per heavy atom. The van der Waals surface area contributed by atoms with Gasteiger partial charge >= 0.3 is 0 Å². The number of aromatic nitrogens is 1. The fourth-order valence-electron chi connectivity index (χ4n) is 4.63. The molecule has 3 aromatic rings. The molecular weight excluding hydrogens is 424 g/mol. The van der Waals surface area contributed by atoms with E-state index in [0.29, 0.717) is 0 Å². The second kappa shape index (κ2) is 9.25. The molecule has 0 atom stereocenters. The van der Waals surface area contributed by atoms with Gasteiger partial charge in [-0.2, -0.15) is 4.57 Å². The first-order valence-electron chi connectivity index (χ1n) is 11.5. The Bertz CT molecular complexity index is 1370. The zero-order valence-corrected chi connectivity index (χ0v) is 19.9. The van der Waals surface area contributed by atoms with Crippen molar-refractivity contribution in [1.29, 1.82) is 0 Å². The Hall–Kier alpha value is -3.36. The van der Waals surface area contributed by atoms with Crippen LogP contribution in [-0.2, 0) is 7.05 Å². The molecule has 3 heteroatoms. The number of likely N-dealkylation sites (N-methyl/N-ethyl adjacent to an activating group) is 1. The van der Waals surface area contributed by atoms with Crippen molar-refractivity contribution in [3.8, 4) is 0 Å². The molecule has 5 rings (SSSR count). The van der Waals surface area contributed by atoms with E-state index in [1.165, 1.54) is 33.3 Å². The van der Waals surface area contributed by atoms with Crippen molar-refractivity contribution < 1.29 is 4.57 Å². The molecule has 0 N–H and O–H groups in total. The smallest absolute Gasteiger partial charge is 0.212 e. The zero-order chi connectivity index (χ0) is 22.8. The summed E-state index contributed by atoms with van der Waals surface area (Å²) >= 11 is 6.88. The van der Waals surface area contributed by atoms with Crippen molar-refractivity contribution in [2.24, 2.45) is 7.05 Å². The van der Waals surface area contributed by atoms with Gasteiger partial charge in [-0.3, -0.25) is 0 Å². The molecule has 2 aromatic carbocycles. The first kappa shape index (κ1) is 21.5. The highest BCUT2D eigenvalue weighted by Crippen LogP contribution is 2.34. The Balaban J connectivity index is 1.41. The number of hydrogen-bond acceptors (Lipinski definition) is 1. The van der Waals surface area contributed by atoms with E-state index in [1.807, 2.05) is 0 Å². The average Bonchev–Trinajstić information content (AvgIpc) is 2.85. The van der Waals surface area contributed by atoms with Crippen LogP contribution < -0.4 is 9.47 Å². The number of fused-ring (bicyclic) bond motifs is 2. The molecule has 0 bridgehead atoms. The fourth-order valence-corrected chi connectivity index (χ4v) is 4.95. The molecule has 0 fully saturated rings. The number of allylic oxidation sites excluding steroid dienone is 7. The normalized spacial score (nSPS) is 18.7. The number of hydrogen-bond donors (Lipinski definition) is 0. The van der Waals surface area contributed by atoms with Crippen molar-refractivity contribution in [3.63, 3.8) is 0 Å².